The topological polar surface area (TPSA) is 43.8 Å². The van der Waals surface area contributed by atoms with E-state index < -0.39 is 0 Å². The minimum atomic E-state index is 0.592. The summed E-state index contributed by atoms with van der Waals surface area (Å²) in [5, 5.41) is 0. The summed E-state index contributed by atoms with van der Waals surface area (Å²) in [5.41, 5.74) is 6.89. The standard InChI is InChI=1S/C10H17N3/c1-4-5-13-7-12-9(10(13)11)6-8(2)3/h4,7-8H,1,5-6,11H2,2-3H3. The second-order valence-corrected chi connectivity index (χ2v) is 3.62. The summed E-state index contributed by atoms with van der Waals surface area (Å²) >= 11 is 0. The molecule has 0 radical (unpaired) electrons. The molecule has 0 unspecified atom stereocenters. The molecule has 1 heterocycles. The molecule has 2 N–H and O–H groups in total. The molecule has 0 aliphatic heterocycles. The maximum absolute atomic E-state index is 5.89. The van der Waals surface area contributed by atoms with Crippen LogP contribution in [0.1, 0.15) is 19.5 Å². The minimum Gasteiger partial charge on any atom is -0.384 e. The van der Waals surface area contributed by atoms with E-state index in [9.17, 15) is 0 Å². The molecule has 1 aromatic rings. The van der Waals surface area contributed by atoms with Gasteiger partial charge in [-0.1, -0.05) is 19.9 Å². The van der Waals surface area contributed by atoms with E-state index in [0.29, 0.717) is 5.92 Å². The van der Waals surface area contributed by atoms with Crippen LogP contribution in [0.25, 0.3) is 0 Å². The summed E-state index contributed by atoms with van der Waals surface area (Å²) in [6.45, 7) is 8.71. The molecule has 13 heavy (non-hydrogen) atoms. The molecule has 0 spiro atoms. The Morgan fingerprint density at radius 1 is 1.69 bits per heavy atom. The number of imidazole rings is 1. The average molecular weight is 179 g/mol. The van der Waals surface area contributed by atoms with Crippen LogP contribution < -0.4 is 5.73 Å². The first-order valence-corrected chi connectivity index (χ1v) is 4.55. The van der Waals surface area contributed by atoms with Gasteiger partial charge in [0.2, 0.25) is 0 Å². The molecule has 0 aromatic carbocycles. The lowest BCUT2D eigenvalue weighted by Gasteiger charge is -2.04. The van der Waals surface area contributed by atoms with Crippen molar-refractivity contribution in [2.75, 3.05) is 5.73 Å². The lowest BCUT2D eigenvalue weighted by Crippen LogP contribution is -2.03. The molecule has 1 aromatic heterocycles. The third-order valence-corrected chi connectivity index (χ3v) is 1.89. The van der Waals surface area contributed by atoms with Gasteiger partial charge in [0, 0.05) is 6.54 Å². The second kappa shape index (κ2) is 4.12. The fourth-order valence-corrected chi connectivity index (χ4v) is 1.26. The number of anilines is 1. The number of nitrogens with two attached hydrogens (primary N) is 1. The highest BCUT2D eigenvalue weighted by molar-refractivity contribution is 5.36. The van der Waals surface area contributed by atoms with Gasteiger partial charge in [0.15, 0.2) is 0 Å². The quantitative estimate of drug-likeness (QED) is 0.717. The maximum Gasteiger partial charge on any atom is 0.126 e. The molecule has 0 saturated carbocycles. The Morgan fingerprint density at radius 2 is 2.38 bits per heavy atom. The Morgan fingerprint density at radius 3 is 2.92 bits per heavy atom. The number of nitrogen functional groups attached to an aromatic ring is 1. The number of hydrogen-bond donors (Lipinski definition) is 1. The molecule has 72 valence electrons. The number of nitrogens with zero attached hydrogens (tertiary/aromatic N) is 2. The van der Waals surface area contributed by atoms with E-state index in [1.165, 1.54) is 0 Å². The first kappa shape index (κ1) is 9.84. The van der Waals surface area contributed by atoms with Crippen LogP contribution in [-0.4, -0.2) is 9.55 Å². The van der Waals surface area contributed by atoms with Crippen molar-refractivity contribution in [3.63, 3.8) is 0 Å². The first-order chi connectivity index (χ1) is 6.15. The minimum absolute atomic E-state index is 0.592. The van der Waals surface area contributed by atoms with Crippen molar-refractivity contribution in [3.8, 4) is 0 Å². The van der Waals surface area contributed by atoms with Gasteiger partial charge in [0.25, 0.3) is 0 Å². The monoisotopic (exact) mass is 179 g/mol. The summed E-state index contributed by atoms with van der Waals surface area (Å²) in [4.78, 5) is 4.26. The van der Waals surface area contributed by atoms with Gasteiger partial charge in [0.05, 0.1) is 12.0 Å². The second-order valence-electron chi connectivity index (χ2n) is 3.62. The van der Waals surface area contributed by atoms with Crippen molar-refractivity contribution in [2.45, 2.75) is 26.8 Å². The SMILES string of the molecule is C=CCn1cnc(CC(C)C)c1N. The molecule has 0 bridgehead atoms. The Bertz CT molecular complexity index is 286. The highest BCUT2D eigenvalue weighted by atomic mass is 15.1. The van der Waals surface area contributed by atoms with Crippen LogP contribution in [0.4, 0.5) is 5.82 Å². The van der Waals surface area contributed by atoms with Gasteiger partial charge in [-0.25, -0.2) is 4.98 Å². The summed E-state index contributed by atoms with van der Waals surface area (Å²) in [5.74, 6) is 1.36. The van der Waals surface area contributed by atoms with Crippen LogP contribution in [0.3, 0.4) is 0 Å². The van der Waals surface area contributed by atoms with Gasteiger partial charge in [0.1, 0.15) is 5.82 Å². The highest BCUT2D eigenvalue weighted by Crippen LogP contribution is 2.14. The number of hydrogen-bond acceptors (Lipinski definition) is 2. The zero-order valence-electron chi connectivity index (χ0n) is 8.33. The Hall–Kier alpha value is -1.25. The van der Waals surface area contributed by atoms with E-state index in [1.807, 2.05) is 10.6 Å². The summed E-state index contributed by atoms with van der Waals surface area (Å²) in [6, 6.07) is 0. The van der Waals surface area contributed by atoms with Crippen molar-refractivity contribution in [3.05, 3.63) is 24.7 Å². The van der Waals surface area contributed by atoms with E-state index >= 15 is 0 Å². The van der Waals surface area contributed by atoms with Gasteiger partial charge in [-0.3, -0.25) is 0 Å². The van der Waals surface area contributed by atoms with Gasteiger partial charge < -0.3 is 10.3 Å². The molecule has 0 saturated heterocycles. The van der Waals surface area contributed by atoms with Crippen LogP contribution in [0, 0.1) is 5.92 Å². The van der Waals surface area contributed by atoms with Crippen molar-refractivity contribution in [2.24, 2.45) is 5.92 Å². The predicted octanol–water partition coefficient (Wildman–Crippen LogP) is 1.85. The van der Waals surface area contributed by atoms with Crippen LogP contribution in [0.2, 0.25) is 0 Å². The Balaban J connectivity index is 2.79. The fourth-order valence-electron chi connectivity index (χ4n) is 1.26. The number of rotatable bonds is 4. The fraction of sp³-hybridized carbons (Fsp3) is 0.500. The smallest absolute Gasteiger partial charge is 0.126 e. The van der Waals surface area contributed by atoms with E-state index in [2.05, 4.69) is 25.4 Å². The molecule has 1 rings (SSSR count). The molecule has 3 heteroatoms. The zero-order valence-corrected chi connectivity index (χ0v) is 8.33. The van der Waals surface area contributed by atoms with Crippen LogP contribution in [-0.2, 0) is 13.0 Å². The number of allylic oxidation sites excluding steroid dienone is 1. The van der Waals surface area contributed by atoms with Crippen LogP contribution >= 0.6 is 0 Å². The Labute approximate surface area is 79.3 Å². The molecule has 0 aliphatic rings. The predicted molar refractivity (Wildman–Crippen MR) is 55.4 cm³/mol. The molecular weight excluding hydrogens is 162 g/mol. The molecule has 0 amide bonds. The van der Waals surface area contributed by atoms with E-state index in [4.69, 9.17) is 5.73 Å². The van der Waals surface area contributed by atoms with Crippen molar-refractivity contribution in [1.82, 2.24) is 9.55 Å². The van der Waals surface area contributed by atoms with Crippen LogP contribution in [0.15, 0.2) is 19.0 Å². The van der Waals surface area contributed by atoms with Crippen molar-refractivity contribution >= 4 is 5.82 Å². The summed E-state index contributed by atoms with van der Waals surface area (Å²) < 4.78 is 1.91. The van der Waals surface area contributed by atoms with E-state index in [0.717, 1.165) is 24.5 Å². The lowest BCUT2D eigenvalue weighted by molar-refractivity contribution is 0.638. The third-order valence-electron chi connectivity index (χ3n) is 1.89. The molecular formula is C10H17N3. The van der Waals surface area contributed by atoms with Gasteiger partial charge in [-0.15, -0.1) is 6.58 Å². The molecule has 0 fully saturated rings. The molecule has 0 atom stereocenters. The summed E-state index contributed by atoms with van der Waals surface area (Å²) in [7, 11) is 0. The van der Waals surface area contributed by atoms with Crippen LogP contribution in [0.5, 0.6) is 0 Å². The van der Waals surface area contributed by atoms with Crippen molar-refractivity contribution < 1.29 is 0 Å². The highest BCUT2D eigenvalue weighted by Gasteiger charge is 2.07. The number of aromatic nitrogens is 2. The maximum atomic E-state index is 5.89. The lowest BCUT2D eigenvalue weighted by atomic mass is 10.1. The average Bonchev–Trinajstić information content (AvgIpc) is 2.36. The van der Waals surface area contributed by atoms with Gasteiger partial charge in [-0.05, 0) is 12.3 Å². The normalized spacial score (nSPS) is 10.7. The zero-order chi connectivity index (χ0) is 9.84. The largest absolute Gasteiger partial charge is 0.384 e. The first-order valence-electron chi connectivity index (χ1n) is 4.55. The van der Waals surface area contributed by atoms with E-state index in [-0.39, 0.29) is 0 Å². The molecule has 0 aliphatic carbocycles. The van der Waals surface area contributed by atoms with Gasteiger partial charge >= 0.3 is 0 Å². The van der Waals surface area contributed by atoms with E-state index in [1.54, 1.807) is 6.33 Å². The third kappa shape index (κ3) is 2.34. The van der Waals surface area contributed by atoms with Crippen molar-refractivity contribution in [1.29, 1.82) is 0 Å². The van der Waals surface area contributed by atoms with Gasteiger partial charge in [-0.2, -0.15) is 0 Å². The summed E-state index contributed by atoms with van der Waals surface area (Å²) in [6.07, 6.45) is 4.53. The molecule has 3 nitrogen and oxygen atoms in total. The Kier molecular flexibility index (Phi) is 3.12.